The summed E-state index contributed by atoms with van der Waals surface area (Å²) in [7, 11) is 0. The van der Waals surface area contributed by atoms with Gasteiger partial charge in [-0.05, 0) is 18.2 Å². The zero-order valence-electron chi connectivity index (χ0n) is 13.3. The lowest BCUT2D eigenvalue weighted by atomic mass is 10.1. The zero-order chi connectivity index (χ0) is 18.1. The maximum atomic E-state index is 11.7. The van der Waals surface area contributed by atoms with E-state index in [-0.39, 0.29) is 5.69 Å². The average molecular weight is 426 g/mol. The number of benzene rings is 2. The lowest BCUT2D eigenvalue weighted by molar-refractivity contribution is 0.0687. The third-order valence-electron chi connectivity index (χ3n) is 3.81. The number of halogens is 1. The zero-order valence-corrected chi connectivity index (χ0v) is 15.7. The third kappa shape index (κ3) is 3.18. The van der Waals surface area contributed by atoms with Crippen molar-refractivity contribution in [2.45, 2.75) is 0 Å². The van der Waals surface area contributed by atoms with Gasteiger partial charge in [-0.3, -0.25) is 0 Å². The molecule has 0 fully saturated rings. The first-order chi connectivity index (χ1) is 12.6. The van der Waals surface area contributed by atoms with Crippen LogP contribution >= 0.6 is 27.3 Å². The number of carbonyl (C=O) groups is 1. The van der Waals surface area contributed by atoms with Crippen LogP contribution in [0.3, 0.4) is 0 Å². The van der Waals surface area contributed by atoms with Gasteiger partial charge in [-0.25, -0.2) is 9.78 Å². The Labute approximate surface area is 161 Å². The van der Waals surface area contributed by atoms with Crippen molar-refractivity contribution in [3.8, 4) is 27.6 Å². The second-order valence-corrected chi connectivity index (χ2v) is 7.27. The molecule has 0 saturated heterocycles. The van der Waals surface area contributed by atoms with E-state index in [0.717, 1.165) is 21.3 Å². The Morgan fingerprint density at radius 2 is 1.69 bits per heavy atom. The highest BCUT2D eigenvalue weighted by molar-refractivity contribution is 9.10. The lowest BCUT2D eigenvalue weighted by Gasteiger charge is -2.00. The highest BCUT2D eigenvalue weighted by Gasteiger charge is 2.19. The molecule has 0 aliphatic heterocycles. The van der Waals surface area contributed by atoms with Crippen molar-refractivity contribution in [3.05, 3.63) is 76.2 Å². The first-order valence-electron chi connectivity index (χ1n) is 7.72. The summed E-state index contributed by atoms with van der Waals surface area (Å²) in [5, 5.41) is 16.4. The van der Waals surface area contributed by atoms with Crippen LogP contribution in [0.15, 0.2) is 70.5 Å². The number of nitrogens with zero attached hydrogens (tertiary/aromatic N) is 3. The molecule has 0 bridgehead atoms. The Bertz CT molecular complexity index is 1070. The molecule has 0 saturated carbocycles. The van der Waals surface area contributed by atoms with Crippen molar-refractivity contribution in [1.82, 2.24) is 14.8 Å². The van der Waals surface area contributed by atoms with Crippen LogP contribution in [0.4, 0.5) is 0 Å². The Hall–Kier alpha value is -2.77. The maximum Gasteiger partial charge on any atom is 0.354 e. The number of carboxylic acid groups (broad SMARTS) is 1. The van der Waals surface area contributed by atoms with Crippen molar-refractivity contribution >= 4 is 33.2 Å². The highest BCUT2D eigenvalue weighted by atomic mass is 79.9. The van der Waals surface area contributed by atoms with Crippen LogP contribution in [0.2, 0.25) is 0 Å². The fourth-order valence-corrected chi connectivity index (χ4v) is 3.60. The molecule has 0 spiro atoms. The number of rotatable bonds is 4. The first kappa shape index (κ1) is 16.7. The second kappa shape index (κ2) is 6.86. The molecular formula is C19H12BrN3O2S. The van der Waals surface area contributed by atoms with Gasteiger partial charge in [0, 0.05) is 21.0 Å². The number of thiazole rings is 1. The van der Waals surface area contributed by atoms with Gasteiger partial charge < -0.3 is 5.11 Å². The predicted molar refractivity (Wildman–Crippen MR) is 105 cm³/mol. The van der Waals surface area contributed by atoms with E-state index >= 15 is 0 Å². The Morgan fingerprint density at radius 3 is 2.38 bits per heavy atom. The fourth-order valence-electron chi connectivity index (χ4n) is 2.54. The van der Waals surface area contributed by atoms with Gasteiger partial charge in [0.2, 0.25) is 5.13 Å². The molecule has 0 aliphatic carbocycles. The van der Waals surface area contributed by atoms with E-state index in [1.165, 1.54) is 16.0 Å². The summed E-state index contributed by atoms with van der Waals surface area (Å²) in [6.45, 7) is 0. The summed E-state index contributed by atoms with van der Waals surface area (Å²) >= 11 is 4.77. The third-order valence-corrected chi connectivity index (χ3v) is 5.16. The van der Waals surface area contributed by atoms with E-state index in [4.69, 9.17) is 0 Å². The molecule has 0 unspecified atom stereocenters. The van der Waals surface area contributed by atoms with Crippen molar-refractivity contribution in [2.24, 2.45) is 0 Å². The maximum absolute atomic E-state index is 11.7. The Kier molecular flexibility index (Phi) is 4.40. The van der Waals surface area contributed by atoms with Gasteiger partial charge in [-0.2, -0.15) is 9.78 Å². The SMILES string of the molecule is O=C(O)c1cc(-c2ccccc2)nn1-c1nc(-c2ccc(Br)cc2)cs1. The molecule has 128 valence electrons. The number of aromatic nitrogens is 3. The topological polar surface area (TPSA) is 68.0 Å². The standard InChI is InChI=1S/C19H12BrN3O2S/c20-14-8-6-13(7-9-14)16-11-26-19(21-16)23-17(18(24)25)10-15(22-23)12-4-2-1-3-5-12/h1-11H,(H,24,25). The summed E-state index contributed by atoms with van der Waals surface area (Å²) in [6.07, 6.45) is 0. The molecular weight excluding hydrogens is 414 g/mol. The molecule has 2 heterocycles. The average Bonchev–Trinajstić information content (AvgIpc) is 3.30. The van der Waals surface area contributed by atoms with Gasteiger partial charge in [-0.1, -0.05) is 58.4 Å². The molecule has 2 aromatic heterocycles. The highest BCUT2D eigenvalue weighted by Crippen LogP contribution is 2.27. The number of hydrogen-bond acceptors (Lipinski definition) is 4. The van der Waals surface area contributed by atoms with Gasteiger partial charge in [0.15, 0.2) is 5.69 Å². The van der Waals surface area contributed by atoms with Gasteiger partial charge in [0.25, 0.3) is 0 Å². The summed E-state index contributed by atoms with van der Waals surface area (Å²) in [6, 6.07) is 18.9. The van der Waals surface area contributed by atoms with Crippen LogP contribution < -0.4 is 0 Å². The van der Waals surface area contributed by atoms with E-state index in [1.807, 2.05) is 60.0 Å². The van der Waals surface area contributed by atoms with Crippen molar-refractivity contribution in [3.63, 3.8) is 0 Å². The number of carboxylic acids is 1. The van der Waals surface area contributed by atoms with Crippen LogP contribution in [-0.2, 0) is 0 Å². The van der Waals surface area contributed by atoms with E-state index in [1.54, 1.807) is 6.07 Å². The van der Waals surface area contributed by atoms with Crippen LogP contribution in [-0.4, -0.2) is 25.8 Å². The molecule has 4 rings (SSSR count). The number of hydrogen-bond donors (Lipinski definition) is 1. The minimum Gasteiger partial charge on any atom is -0.477 e. The predicted octanol–water partition coefficient (Wildman–Crippen LogP) is 5.12. The number of aromatic carboxylic acids is 1. The second-order valence-electron chi connectivity index (χ2n) is 5.52. The van der Waals surface area contributed by atoms with E-state index in [0.29, 0.717) is 10.8 Å². The van der Waals surface area contributed by atoms with Crippen molar-refractivity contribution in [1.29, 1.82) is 0 Å². The summed E-state index contributed by atoms with van der Waals surface area (Å²) in [5.41, 5.74) is 3.29. The van der Waals surface area contributed by atoms with Gasteiger partial charge in [0.05, 0.1) is 11.4 Å². The molecule has 0 atom stereocenters. The van der Waals surface area contributed by atoms with E-state index < -0.39 is 5.97 Å². The van der Waals surface area contributed by atoms with Gasteiger partial charge in [0.1, 0.15) is 0 Å². The summed E-state index contributed by atoms with van der Waals surface area (Å²) in [4.78, 5) is 16.2. The van der Waals surface area contributed by atoms with Crippen LogP contribution in [0.5, 0.6) is 0 Å². The molecule has 0 amide bonds. The van der Waals surface area contributed by atoms with Crippen LogP contribution in [0.1, 0.15) is 10.5 Å². The van der Waals surface area contributed by atoms with Gasteiger partial charge in [-0.15, -0.1) is 11.3 Å². The largest absolute Gasteiger partial charge is 0.477 e. The molecule has 7 heteroatoms. The van der Waals surface area contributed by atoms with E-state index in [9.17, 15) is 9.90 Å². The first-order valence-corrected chi connectivity index (χ1v) is 9.40. The molecule has 4 aromatic rings. The normalized spacial score (nSPS) is 10.8. The quantitative estimate of drug-likeness (QED) is 0.492. The van der Waals surface area contributed by atoms with Crippen LogP contribution in [0, 0.1) is 0 Å². The van der Waals surface area contributed by atoms with Crippen molar-refractivity contribution in [2.75, 3.05) is 0 Å². The fraction of sp³-hybridized carbons (Fsp3) is 0. The van der Waals surface area contributed by atoms with E-state index in [2.05, 4.69) is 26.0 Å². The molecule has 26 heavy (non-hydrogen) atoms. The Morgan fingerprint density at radius 1 is 1.00 bits per heavy atom. The summed E-state index contributed by atoms with van der Waals surface area (Å²) < 4.78 is 2.38. The lowest BCUT2D eigenvalue weighted by Crippen LogP contribution is -2.07. The van der Waals surface area contributed by atoms with Crippen molar-refractivity contribution < 1.29 is 9.90 Å². The molecule has 1 N–H and O–H groups in total. The molecule has 0 radical (unpaired) electrons. The minimum atomic E-state index is -1.04. The van der Waals surface area contributed by atoms with Gasteiger partial charge >= 0.3 is 5.97 Å². The van der Waals surface area contributed by atoms with Crippen LogP contribution in [0.25, 0.3) is 27.6 Å². The molecule has 5 nitrogen and oxygen atoms in total. The summed E-state index contributed by atoms with van der Waals surface area (Å²) in [5.74, 6) is -1.04. The molecule has 2 aromatic carbocycles. The smallest absolute Gasteiger partial charge is 0.354 e. The minimum absolute atomic E-state index is 0.0839. The monoisotopic (exact) mass is 425 g/mol. The Balaban J connectivity index is 1.77. The molecule has 0 aliphatic rings.